The molecule has 6 heteroatoms. The van der Waals surface area contributed by atoms with E-state index in [0.29, 0.717) is 10.3 Å². The molecule has 0 fully saturated rings. The van der Waals surface area contributed by atoms with Gasteiger partial charge in [-0.05, 0) is 34.5 Å². The highest BCUT2D eigenvalue weighted by Gasteiger charge is 2.15. The second-order valence-electron chi connectivity index (χ2n) is 4.04. The largest absolute Gasteiger partial charge is 0.383 e. The minimum Gasteiger partial charge on any atom is -0.383 e. The van der Waals surface area contributed by atoms with Crippen LogP contribution in [0.1, 0.15) is 19.0 Å². The van der Waals surface area contributed by atoms with Crippen LogP contribution in [0, 0.1) is 5.82 Å². The Bertz CT molecular complexity index is 619. The van der Waals surface area contributed by atoms with Gasteiger partial charge in [0.2, 0.25) is 0 Å². The molecule has 2 N–H and O–H groups in total. The van der Waals surface area contributed by atoms with Crippen LogP contribution in [0.5, 0.6) is 0 Å². The molecule has 0 radical (unpaired) electrons. The highest BCUT2D eigenvalue weighted by molar-refractivity contribution is 9.10. The molecule has 0 aliphatic carbocycles. The maximum Gasteiger partial charge on any atom is 0.164 e. The van der Waals surface area contributed by atoms with Gasteiger partial charge in [-0.2, -0.15) is 0 Å². The Labute approximate surface area is 124 Å². The van der Waals surface area contributed by atoms with Crippen molar-refractivity contribution in [3.8, 4) is 11.4 Å². The smallest absolute Gasteiger partial charge is 0.164 e. The van der Waals surface area contributed by atoms with E-state index in [9.17, 15) is 4.39 Å². The molecule has 100 valence electrons. The lowest BCUT2D eigenvalue weighted by atomic mass is 10.1. The van der Waals surface area contributed by atoms with Crippen molar-refractivity contribution in [2.45, 2.75) is 19.8 Å². The lowest BCUT2D eigenvalue weighted by Crippen LogP contribution is -2.03. The van der Waals surface area contributed by atoms with Crippen molar-refractivity contribution < 1.29 is 4.39 Å². The summed E-state index contributed by atoms with van der Waals surface area (Å²) < 4.78 is 14.6. The molecule has 1 aromatic heterocycles. The van der Waals surface area contributed by atoms with Crippen molar-refractivity contribution in [1.82, 2.24) is 9.97 Å². The molecule has 0 saturated heterocycles. The molecule has 0 saturated carbocycles. The number of aromatic nitrogens is 2. The summed E-state index contributed by atoms with van der Waals surface area (Å²) in [5.74, 6) is 0.0188. The van der Waals surface area contributed by atoms with Gasteiger partial charge in [0.1, 0.15) is 5.82 Å². The third kappa shape index (κ3) is 2.87. The van der Waals surface area contributed by atoms with E-state index in [2.05, 4.69) is 25.9 Å². The number of hydrogen-bond donors (Lipinski definition) is 1. The number of halogens is 3. The second-order valence-corrected chi connectivity index (χ2v) is 5.24. The summed E-state index contributed by atoms with van der Waals surface area (Å²) in [6, 6.07) is 4.72. The summed E-state index contributed by atoms with van der Waals surface area (Å²) in [5.41, 5.74) is 6.85. The Morgan fingerprint density at radius 2 is 2.11 bits per heavy atom. The first-order valence-electron chi connectivity index (χ1n) is 5.80. The highest BCUT2D eigenvalue weighted by atomic mass is 79.9. The number of benzene rings is 1. The molecule has 3 nitrogen and oxygen atoms in total. The lowest BCUT2D eigenvalue weighted by Gasteiger charge is -2.09. The normalized spacial score (nSPS) is 10.7. The molecule has 0 spiro atoms. The fraction of sp³-hybridized carbons (Fsp3) is 0.231. The fourth-order valence-electron chi connectivity index (χ4n) is 1.71. The van der Waals surface area contributed by atoms with Crippen molar-refractivity contribution in [3.05, 3.63) is 39.2 Å². The van der Waals surface area contributed by atoms with E-state index in [1.807, 2.05) is 6.92 Å². The highest BCUT2D eigenvalue weighted by Crippen LogP contribution is 2.29. The first kappa shape index (κ1) is 14.2. The first-order valence-corrected chi connectivity index (χ1v) is 6.98. The lowest BCUT2D eigenvalue weighted by molar-refractivity contribution is 0.630. The maximum atomic E-state index is 14.0. The zero-order valence-electron chi connectivity index (χ0n) is 10.3. The van der Waals surface area contributed by atoms with E-state index in [4.69, 9.17) is 17.3 Å². The van der Waals surface area contributed by atoms with Crippen LogP contribution in [0.4, 0.5) is 10.2 Å². The van der Waals surface area contributed by atoms with Gasteiger partial charge in [-0.15, -0.1) is 0 Å². The summed E-state index contributed by atoms with van der Waals surface area (Å²) in [5, 5.41) is 0.0413. The summed E-state index contributed by atoms with van der Waals surface area (Å²) in [7, 11) is 0. The number of hydrogen-bond acceptors (Lipinski definition) is 3. The SMILES string of the molecule is CCCc1nc(-c2cccc(Cl)c2F)nc(N)c1Br. The van der Waals surface area contributed by atoms with Gasteiger partial charge < -0.3 is 5.73 Å². The Balaban J connectivity index is 2.59. The van der Waals surface area contributed by atoms with Crippen molar-refractivity contribution in [2.24, 2.45) is 0 Å². The molecule has 0 amide bonds. The van der Waals surface area contributed by atoms with Crippen LogP contribution in [0.15, 0.2) is 22.7 Å². The minimum atomic E-state index is -0.534. The van der Waals surface area contributed by atoms with Crippen molar-refractivity contribution in [2.75, 3.05) is 5.73 Å². The van der Waals surface area contributed by atoms with E-state index in [-0.39, 0.29) is 16.4 Å². The molecule has 1 aromatic carbocycles. The fourth-order valence-corrected chi connectivity index (χ4v) is 2.26. The van der Waals surface area contributed by atoms with Gasteiger partial charge in [-0.1, -0.05) is 31.0 Å². The van der Waals surface area contributed by atoms with Crippen molar-refractivity contribution in [3.63, 3.8) is 0 Å². The van der Waals surface area contributed by atoms with E-state index in [0.717, 1.165) is 18.5 Å². The van der Waals surface area contributed by atoms with Crippen LogP contribution < -0.4 is 5.73 Å². The van der Waals surface area contributed by atoms with Crippen LogP contribution in [-0.2, 0) is 6.42 Å². The Kier molecular flexibility index (Phi) is 4.37. The van der Waals surface area contributed by atoms with Crippen LogP contribution in [0.25, 0.3) is 11.4 Å². The van der Waals surface area contributed by atoms with E-state index in [1.54, 1.807) is 12.1 Å². The number of nitrogen functional groups attached to an aromatic ring is 1. The summed E-state index contributed by atoms with van der Waals surface area (Å²) in [6.45, 7) is 2.03. The van der Waals surface area contributed by atoms with Crippen molar-refractivity contribution >= 4 is 33.3 Å². The monoisotopic (exact) mass is 343 g/mol. The van der Waals surface area contributed by atoms with Crippen LogP contribution in [0.3, 0.4) is 0 Å². The van der Waals surface area contributed by atoms with E-state index in [1.165, 1.54) is 6.07 Å². The van der Waals surface area contributed by atoms with E-state index < -0.39 is 5.82 Å². The predicted octanol–water partition coefficient (Wildman–Crippen LogP) is 4.23. The molecule has 0 unspecified atom stereocenters. The number of aryl methyl sites for hydroxylation is 1. The molecular weight excluding hydrogens is 333 g/mol. The van der Waals surface area contributed by atoms with Crippen LogP contribution in [-0.4, -0.2) is 9.97 Å². The quantitative estimate of drug-likeness (QED) is 0.906. The van der Waals surface area contributed by atoms with Gasteiger partial charge in [0.25, 0.3) is 0 Å². The number of nitrogens with two attached hydrogens (primary N) is 1. The standard InChI is InChI=1S/C13H12BrClFN3/c1-2-4-9-10(14)12(17)19-13(18-9)7-5-3-6-8(15)11(7)16/h3,5-6H,2,4H2,1H3,(H2,17,18,19). The summed E-state index contributed by atoms with van der Waals surface area (Å²) in [4.78, 5) is 8.47. The Morgan fingerprint density at radius 3 is 2.79 bits per heavy atom. The second kappa shape index (κ2) is 5.84. The maximum absolute atomic E-state index is 14.0. The molecule has 0 atom stereocenters. The Hall–Kier alpha value is -1.20. The van der Waals surface area contributed by atoms with Gasteiger partial charge in [0, 0.05) is 0 Å². The molecule has 1 heterocycles. The topological polar surface area (TPSA) is 51.8 Å². The molecule has 2 rings (SSSR count). The molecule has 0 aliphatic heterocycles. The number of anilines is 1. The minimum absolute atomic E-state index is 0.0413. The molecular formula is C13H12BrClFN3. The molecule has 0 aliphatic rings. The van der Waals surface area contributed by atoms with Crippen molar-refractivity contribution in [1.29, 1.82) is 0 Å². The third-order valence-electron chi connectivity index (χ3n) is 2.62. The van der Waals surface area contributed by atoms with Crippen LogP contribution in [0.2, 0.25) is 5.02 Å². The summed E-state index contributed by atoms with van der Waals surface area (Å²) >= 11 is 9.12. The molecule has 19 heavy (non-hydrogen) atoms. The van der Waals surface area contributed by atoms with Crippen LogP contribution >= 0.6 is 27.5 Å². The van der Waals surface area contributed by atoms with Gasteiger partial charge >= 0.3 is 0 Å². The third-order valence-corrected chi connectivity index (χ3v) is 3.78. The summed E-state index contributed by atoms with van der Waals surface area (Å²) in [6.07, 6.45) is 1.65. The molecule has 0 bridgehead atoms. The number of nitrogens with zero attached hydrogens (tertiary/aromatic N) is 2. The zero-order chi connectivity index (χ0) is 14.0. The van der Waals surface area contributed by atoms with Gasteiger partial charge in [0.05, 0.1) is 20.8 Å². The predicted molar refractivity (Wildman–Crippen MR) is 78.5 cm³/mol. The average molecular weight is 345 g/mol. The molecule has 2 aromatic rings. The zero-order valence-corrected chi connectivity index (χ0v) is 12.6. The average Bonchev–Trinajstić information content (AvgIpc) is 2.38. The number of rotatable bonds is 3. The first-order chi connectivity index (χ1) is 9.04. The van der Waals surface area contributed by atoms with Gasteiger partial charge in [0.15, 0.2) is 11.6 Å². The van der Waals surface area contributed by atoms with Gasteiger partial charge in [-0.25, -0.2) is 14.4 Å². The Morgan fingerprint density at radius 1 is 1.37 bits per heavy atom. The van der Waals surface area contributed by atoms with Gasteiger partial charge in [-0.3, -0.25) is 0 Å². The van der Waals surface area contributed by atoms with E-state index >= 15 is 0 Å².